The summed E-state index contributed by atoms with van der Waals surface area (Å²) in [5, 5.41) is 2.86. The van der Waals surface area contributed by atoms with Crippen molar-refractivity contribution in [3.05, 3.63) is 29.3 Å². The fraction of sp³-hybridized carbons (Fsp3) is 0.467. The number of carbonyl (C=O) groups is 2. The maximum absolute atomic E-state index is 12.7. The molecule has 3 rings (SSSR count). The van der Waals surface area contributed by atoms with Crippen LogP contribution in [0.5, 0.6) is 0 Å². The molecule has 0 spiro atoms. The summed E-state index contributed by atoms with van der Waals surface area (Å²) in [5.74, 6) is 0.0118. The van der Waals surface area contributed by atoms with Gasteiger partial charge in [0.2, 0.25) is 5.91 Å². The smallest absolute Gasteiger partial charge is 0.254 e. The number of hydrogen-bond acceptors (Lipinski definition) is 3. The molecule has 0 aromatic heterocycles. The zero-order chi connectivity index (χ0) is 14.3. The van der Waals surface area contributed by atoms with Crippen molar-refractivity contribution in [2.45, 2.75) is 25.8 Å². The number of nitrogens with two attached hydrogens (primary N) is 1. The summed E-state index contributed by atoms with van der Waals surface area (Å²) in [5.41, 5.74) is 8.01. The van der Waals surface area contributed by atoms with Gasteiger partial charge in [0.1, 0.15) is 0 Å². The van der Waals surface area contributed by atoms with Gasteiger partial charge in [-0.1, -0.05) is 0 Å². The molecule has 0 radical (unpaired) electrons. The van der Waals surface area contributed by atoms with Crippen molar-refractivity contribution in [2.75, 3.05) is 18.8 Å². The third kappa shape index (κ3) is 2.13. The Morgan fingerprint density at radius 2 is 2.20 bits per heavy atom. The molecule has 2 amide bonds. The van der Waals surface area contributed by atoms with Gasteiger partial charge in [0, 0.05) is 24.3 Å². The van der Waals surface area contributed by atoms with Gasteiger partial charge in [-0.15, -0.1) is 0 Å². The molecule has 2 saturated heterocycles. The Hall–Kier alpha value is -2.04. The Kier molecular flexibility index (Phi) is 3.12. The van der Waals surface area contributed by atoms with Crippen LogP contribution in [0.4, 0.5) is 5.69 Å². The first kappa shape index (κ1) is 13.0. The van der Waals surface area contributed by atoms with E-state index in [9.17, 15) is 9.59 Å². The average Bonchev–Trinajstić information content (AvgIpc) is 2.79. The summed E-state index contributed by atoms with van der Waals surface area (Å²) in [6.07, 6.45) is 1.75. The van der Waals surface area contributed by atoms with Crippen LogP contribution in [-0.4, -0.2) is 35.8 Å². The summed E-state index contributed by atoms with van der Waals surface area (Å²) in [6, 6.07) is 5.40. The first-order valence-corrected chi connectivity index (χ1v) is 7.02. The predicted octanol–water partition coefficient (Wildman–Crippen LogP) is 0.928. The van der Waals surface area contributed by atoms with Crippen molar-refractivity contribution in [3.63, 3.8) is 0 Å². The largest absolute Gasteiger partial charge is 0.399 e. The first-order chi connectivity index (χ1) is 9.56. The Labute approximate surface area is 118 Å². The molecule has 2 heterocycles. The van der Waals surface area contributed by atoms with Crippen LogP contribution >= 0.6 is 0 Å². The number of nitrogen functional groups attached to an aromatic ring is 1. The number of nitrogens with zero attached hydrogens (tertiary/aromatic N) is 1. The van der Waals surface area contributed by atoms with Crippen LogP contribution in [0.3, 0.4) is 0 Å². The maximum Gasteiger partial charge on any atom is 0.254 e. The van der Waals surface area contributed by atoms with E-state index in [2.05, 4.69) is 5.32 Å². The number of anilines is 1. The van der Waals surface area contributed by atoms with E-state index in [0.29, 0.717) is 24.3 Å². The molecule has 20 heavy (non-hydrogen) atoms. The molecule has 106 valence electrons. The number of rotatable bonds is 1. The standard InChI is InChI=1S/C15H19N3O2/c1-9-5-10(7-11(16)6-9)15(20)18-4-2-3-12-13(18)8-17-14(12)19/h5-7,12-13H,2-4,8,16H2,1H3,(H,17,19). The highest BCUT2D eigenvalue weighted by Crippen LogP contribution is 2.29. The molecule has 2 atom stereocenters. The predicted molar refractivity (Wildman–Crippen MR) is 76.1 cm³/mol. The Balaban J connectivity index is 1.88. The second kappa shape index (κ2) is 4.81. The van der Waals surface area contributed by atoms with Crippen LogP contribution in [-0.2, 0) is 4.79 Å². The van der Waals surface area contributed by atoms with Crippen LogP contribution in [0.2, 0.25) is 0 Å². The van der Waals surface area contributed by atoms with Gasteiger partial charge in [-0.3, -0.25) is 9.59 Å². The molecule has 3 N–H and O–H groups in total. The van der Waals surface area contributed by atoms with E-state index in [1.54, 1.807) is 6.07 Å². The lowest BCUT2D eigenvalue weighted by Gasteiger charge is -2.36. The van der Waals surface area contributed by atoms with E-state index >= 15 is 0 Å². The van der Waals surface area contributed by atoms with Crippen molar-refractivity contribution < 1.29 is 9.59 Å². The molecule has 1 aromatic carbocycles. The van der Waals surface area contributed by atoms with Crippen LogP contribution < -0.4 is 11.1 Å². The fourth-order valence-corrected chi connectivity index (χ4v) is 3.31. The van der Waals surface area contributed by atoms with Crippen LogP contribution in [0.1, 0.15) is 28.8 Å². The minimum absolute atomic E-state index is 0.00881. The summed E-state index contributed by atoms with van der Waals surface area (Å²) in [4.78, 5) is 26.3. The monoisotopic (exact) mass is 273 g/mol. The molecular weight excluding hydrogens is 254 g/mol. The van der Waals surface area contributed by atoms with E-state index in [-0.39, 0.29) is 23.8 Å². The van der Waals surface area contributed by atoms with Crippen LogP contribution in [0.15, 0.2) is 18.2 Å². The van der Waals surface area contributed by atoms with Gasteiger partial charge in [-0.25, -0.2) is 0 Å². The molecular formula is C15H19N3O2. The highest BCUT2D eigenvalue weighted by molar-refractivity contribution is 5.96. The molecule has 2 aliphatic rings. The van der Waals surface area contributed by atoms with E-state index < -0.39 is 0 Å². The third-order valence-corrected chi connectivity index (χ3v) is 4.21. The molecule has 0 aliphatic carbocycles. The van der Waals surface area contributed by atoms with Crippen molar-refractivity contribution >= 4 is 17.5 Å². The summed E-state index contributed by atoms with van der Waals surface area (Å²) < 4.78 is 0. The quantitative estimate of drug-likeness (QED) is 0.747. The highest BCUT2D eigenvalue weighted by Gasteiger charge is 2.42. The van der Waals surface area contributed by atoms with E-state index in [1.165, 1.54) is 0 Å². The lowest BCUT2D eigenvalue weighted by atomic mass is 9.91. The van der Waals surface area contributed by atoms with Crippen molar-refractivity contribution in [1.29, 1.82) is 0 Å². The third-order valence-electron chi connectivity index (χ3n) is 4.21. The number of piperidine rings is 1. The van der Waals surface area contributed by atoms with Crippen LogP contribution in [0.25, 0.3) is 0 Å². The van der Waals surface area contributed by atoms with Gasteiger partial charge >= 0.3 is 0 Å². The number of carbonyl (C=O) groups excluding carboxylic acids is 2. The first-order valence-electron chi connectivity index (χ1n) is 7.02. The summed E-state index contributed by atoms with van der Waals surface area (Å²) >= 11 is 0. The highest BCUT2D eigenvalue weighted by atomic mass is 16.2. The molecule has 0 bridgehead atoms. The fourth-order valence-electron chi connectivity index (χ4n) is 3.31. The van der Waals surface area contributed by atoms with E-state index in [1.807, 2.05) is 24.0 Å². The van der Waals surface area contributed by atoms with Gasteiger partial charge in [-0.05, 0) is 43.5 Å². The van der Waals surface area contributed by atoms with Gasteiger partial charge in [0.25, 0.3) is 5.91 Å². The number of benzene rings is 1. The molecule has 2 fully saturated rings. The summed E-state index contributed by atoms with van der Waals surface area (Å²) in [6.45, 7) is 3.20. The lowest BCUT2D eigenvalue weighted by Crippen LogP contribution is -2.48. The van der Waals surface area contributed by atoms with Crippen LogP contribution in [0, 0.1) is 12.8 Å². The average molecular weight is 273 g/mol. The number of likely N-dealkylation sites (tertiary alicyclic amines) is 1. The number of nitrogens with one attached hydrogen (secondary N) is 1. The Bertz CT molecular complexity index is 550. The zero-order valence-corrected chi connectivity index (χ0v) is 11.6. The minimum Gasteiger partial charge on any atom is -0.399 e. The minimum atomic E-state index is -0.0464. The van der Waals surface area contributed by atoms with Gasteiger partial charge in [-0.2, -0.15) is 0 Å². The second-order valence-electron chi connectivity index (χ2n) is 5.69. The van der Waals surface area contributed by atoms with Gasteiger partial charge < -0.3 is 16.0 Å². The Morgan fingerprint density at radius 1 is 1.40 bits per heavy atom. The molecule has 1 aromatic rings. The lowest BCUT2D eigenvalue weighted by molar-refractivity contribution is -0.123. The zero-order valence-electron chi connectivity index (χ0n) is 11.6. The summed E-state index contributed by atoms with van der Waals surface area (Å²) in [7, 11) is 0. The Morgan fingerprint density at radius 3 is 2.95 bits per heavy atom. The SMILES string of the molecule is Cc1cc(N)cc(C(=O)N2CCCC3C(=O)NCC32)c1. The topological polar surface area (TPSA) is 75.4 Å². The number of fused-ring (bicyclic) bond motifs is 1. The molecule has 5 nitrogen and oxygen atoms in total. The normalized spacial score (nSPS) is 25.2. The molecule has 2 aliphatic heterocycles. The molecule has 5 heteroatoms. The number of hydrogen-bond donors (Lipinski definition) is 2. The number of aryl methyl sites for hydroxylation is 1. The van der Waals surface area contributed by atoms with E-state index in [4.69, 9.17) is 5.73 Å². The van der Waals surface area contributed by atoms with Gasteiger partial charge in [0.15, 0.2) is 0 Å². The van der Waals surface area contributed by atoms with E-state index in [0.717, 1.165) is 18.4 Å². The molecule has 0 saturated carbocycles. The van der Waals surface area contributed by atoms with Crippen molar-refractivity contribution in [3.8, 4) is 0 Å². The molecule has 2 unspecified atom stereocenters. The second-order valence-corrected chi connectivity index (χ2v) is 5.69. The van der Waals surface area contributed by atoms with Crippen molar-refractivity contribution in [1.82, 2.24) is 10.2 Å². The van der Waals surface area contributed by atoms with Crippen molar-refractivity contribution in [2.24, 2.45) is 5.92 Å². The number of amides is 2. The maximum atomic E-state index is 12.7. The van der Waals surface area contributed by atoms with Gasteiger partial charge in [0.05, 0.1) is 12.0 Å².